The molecule has 0 bridgehead atoms. The summed E-state index contributed by atoms with van der Waals surface area (Å²) in [7, 11) is 0.420. The number of nitrogens with one attached hydrogen (secondary N) is 1. The maximum absolute atomic E-state index is 12.5. The number of amides is 1. The highest BCUT2D eigenvalue weighted by molar-refractivity contribution is 7.89. The number of nitrogens with zero attached hydrogens (tertiary/aromatic N) is 2. The first-order valence-electron chi connectivity index (χ1n) is 9.44. The van der Waals surface area contributed by atoms with Crippen LogP contribution in [-0.4, -0.2) is 52.4 Å². The lowest BCUT2D eigenvalue weighted by Crippen LogP contribution is -2.30. The van der Waals surface area contributed by atoms with Gasteiger partial charge < -0.3 is 10.2 Å². The normalized spacial score (nSPS) is 10.9. The van der Waals surface area contributed by atoms with Gasteiger partial charge in [-0.2, -0.15) is 4.31 Å². The van der Waals surface area contributed by atoms with E-state index in [4.69, 9.17) is 0 Å². The molecule has 0 saturated carbocycles. The Morgan fingerprint density at radius 3 is 2.07 bits per heavy atom. The SMILES string of the molecule is CCN(CC)S(=O)(=O)c1ccc(C(=O)NCC#Cc2ccc(N(C)C)cc2)cc1. The van der Waals surface area contributed by atoms with Crippen molar-refractivity contribution in [1.29, 1.82) is 0 Å². The number of anilines is 1. The Kier molecular flexibility index (Phi) is 7.82. The van der Waals surface area contributed by atoms with Gasteiger partial charge in [0.2, 0.25) is 10.0 Å². The van der Waals surface area contributed by atoms with Crippen molar-refractivity contribution < 1.29 is 13.2 Å². The topological polar surface area (TPSA) is 69.7 Å². The molecule has 0 radical (unpaired) electrons. The first kappa shape index (κ1) is 22.5. The molecule has 2 rings (SSSR count). The molecule has 0 spiro atoms. The zero-order valence-corrected chi connectivity index (χ0v) is 18.1. The van der Waals surface area contributed by atoms with E-state index in [1.54, 1.807) is 13.8 Å². The molecule has 0 atom stereocenters. The summed E-state index contributed by atoms with van der Waals surface area (Å²) < 4.78 is 26.3. The Morgan fingerprint density at radius 1 is 0.966 bits per heavy atom. The number of benzene rings is 2. The maximum Gasteiger partial charge on any atom is 0.252 e. The molecule has 1 N–H and O–H groups in total. The van der Waals surface area contributed by atoms with E-state index in [1.165, 1.54) is 28.6 Å². The highest BCUT2D eigenvalue weighted by Crippen LogP contribution is 2.16. The molecule has 0 heterocycles. The Morgan fingerprint density at radius 2 is 1.55 bits per heavy atom. The van der Waals surface area contributed by atoms with Gasteiger partial charge in [0, 0.05) is 44.0 Å². The second kappa shape index (κ2) is 10.1. The van der Waals surface area contributed by atoms with Gasteiger partial charge >= 0.3 is 0 Å². The van der Waals surface area contributed by atoms with Gasteiger partial charge in [-0.15, -0.1) is 0 Å². The van der Waals surface area contributed by atoms with Crippen LogP contribution in [0.3, 0.4) is 0 Å². The lowest BCUT2D eigenvalue weighted by molar-refractivity contribution is 0.0958. The standard InChI is InChI=1S/C22H27N3O3S/c1-5-25(6-2)29(27,28)21-15-11-19(12-16-21)22(26)23-17-7-8-18-9-13-20(14-10-18)24(3)4/h9-16H,5-6,17H2,1-4H3,(H,23,26). The molecule has 6 nitrogen and oxygen atoms in total. The van der Waals surface area contributed by atoms with E-state index in [9.17, 15) is 13.2 Å². The van der Waals surface area contributed by atoms with Crippen molar-refractivity contribution in [2.75, 3.05) is 38.6 Å². The van der Waals surface area contributed by atoms with Gasteiger partial charge in [-0.05, 0) is 48.5 Å². The van der Waals surface area contributed by atoms with Crippen LogP contribution < -0.4 is 10.2 Å². The molecule has 0 aliphatic heterocycles. The summed E-state index contributed by atoms with van der Waals surface area (Å²) in [6.07, 6.45) is 0. The zero-order chi connectivity index (χ0) is 21.4. The van der Waals surface area contributed by atoms with E-state index in [0.717, 1.165) is 11.3 Å². The second-order valence-electron chi connectivity index (χ2n) is 6.54. The van der Waals surface area contributed by atoms with Crippen LogP contribution in [0, 0.1) is 11.8 Å². The molecular formula is C22H27N3O3S. The third-order valence-corrected chi connectivity index (χ3v) is 6.48. The molecule has 2 aromatic carbocycles. The Labute approximate surface area is 173 Å². The second-order valence-corrected chi connectivity index (χ2v) is 8.48. The van der Waals surface area contributed by atoms with Gasteiger partial charge in [0.25, 0.3) is 5.91 Å². The third kappa shape index (κ3) is 5.83. The fourth-order valence-corrected chi connectivity index (χ4v) is 4.16. The molecule has 0 aliphatic rings. The van der Waals surface area contributed by atoms with Gasteiger partial charge in [0.15, 0.2) is 0 Å². The number of carbonyl (C=O) groups is 1. The van der Waals surface area contributed by atoms with E-state index in [-0.39, 0.29) is 17.3 Å². The molecule has 0 saturated heterocycles. The van der Waals surface area contributed by atoms with Gasteiger partial charge in [-0.1, -0.05) is 25.7 Å². The van der Waals surface area contributed by atoms with E-state index >= 15 is 0 Å². The predicted molar refractivity (Wildman–Crippen MR) is 117 cm³/mol. The number of hydrogen-bond donors (Lipinski definition) is 1. The van der Waals surface area contributed by atoms with Crippen molar-refractivity contribution in [2.24, 2.45) is 0 Å². The molecule has 154 valence electrons. The summed E-state index contributed by atoms with van der Waals surface area (Å²) >= 11 is 0. The molecule has 1 amide bonds. The maximum atomic E-state index is 12.5. The van der Waals surface area contributed by atoms with E-state index < -0.39 is 10.0 Å². The van der Waals surface area contributed by atoms with Crippen molar-refractivity contribution in [3.63, 3.8) is 0 Å². The van der Waals surface area contributed by atoms with Crippen LogP contribution in [-0.2, 0) is 10.0 Å². The van der Waals surface area contributed by atoms with Crippen molar-refractivity contribution >= 4 is 21.6 Å². The van der Waals surface area contributed by atoms with Gasteiger partial charge in [0.1, 0.15) is 0 Å². The lowest BCUT2D eigenvalue weighted by Gasteiger charge is -2.18. The van der Waals surface area contributed by atoms with Gasteiger partial charge in [-0.3, -0.25) is 4.79 Å². The highest BCUT2D eigenvalue weighted by atomic mass is 32.2. The van der Waals surface area contributed by atoms with Crippen LogP contribution in [0.1, 0.15) is 29.8 Å². The number of rotatable bonds is 7. The first-order chi connectivity index (χ1) is 13.8. The van der Waals surface area contributed by atoms with Gasteiger partial charge in [-0.25, -0.2) is 8.42 Å². The van der Waals surface area contributed by atoms with Crippen molar-refractivity contribution in [3.8, 4) is 11.8 Å². The summed E-state index contributed by atoms with van der Waals surface area (Å²) in [5.41, 5.74) is 2.35. The molecule has 0 aliphatic carbocycles. The van der Waals surface area contributed by atoms with Crippen LogP contribution in [0.15, 0.2) is 53.4 Å². The highest BCUT2D eigenvalue weighted by Gasteiger charge is 2.21. The number of carbonyl (C=O) groups excluding carboxylic acids is 1. The smallest absolute Gasteiger partial charge is 0.252 e. The summed E-state index contributed by atoms with van der Waals surface area (Å²) in [4.78, 5) is 14.4. The summed E-state index contributed by atoms with van der Waals surface area (Å²) in [5.74, 6) is 5.63. The van der Waals surface area contributed by atoms with Crippen molar-refractivity contribution in [2.45, 2.75) is 18.7 Å². The zero-order valence-electron chi connectivity index (χ0n) is 17.3. The average Bonchev–Trinajstić information content (AvgIpc) is 2.72. The minimum absolute atomic E-state index is 0.179. The fraction of sp³-hybridized carbons (Fsp3) is 0.318. The van der Waals surface area contributed by atoms with Crippen LogP contribution in [0.4, 0.5) is 5.69 Å². The molecule has 2 aromatic rings. The summed E-state index contributed by atoms with van der Waals surface area (Å²) in [5, 5.41) is 2.72. The molecule has 0 fully saturated rings. The molecule has 7 heteroatoms. The first-order valence-corrected chi connectivity index (χ1v) is 10.9. The van der Waals surface area contributed by atoms with E-state index in [0.29, 0.717) is 18.7 Å². The third-order valence-electron chi connectivity index (χ3n) is 4.41. The van der Waals surface area contributed by atoms with Crippen LogP contribution >= 0.6 is 0 Å². The predicted octanol–water partition coefficient (Wildman–Crippen LogP) is 2.56. The Hall–Kier alpha value is -2.82. The number of sulfonamides is 1. The van der Waals surface area contributed by atoms with Crippen LogP contribution in [0.25, 0.3) is 0 Å². The molecular weight excluding hydrogens is 386 g/mol. The van der Waals surface area contributed by atoms with Crippen molar-refractivity contribution in [3.05, 3.63) is 59.7 Å². The summed E-state index contributed by atoms with van der Waals surface area (Å²) in [6, 6.07) is 13.8. The lowest BCUT2D eigenvalue weighted by atomic mass is 10.2. The minimum Gasteiger partial charge on any atom is -0.378 e. The average molecular weight is 414 g/mol. The van der Waals surface area contributed by atoms with Gasteiger partial charge in [0.05, 0.1) is 11.4 Å². The fourth-order valence-electron chi connectivity index (χ4n) is 2.71. The van der Waals surface area contributed by atoms with E-state index in [1.807, 2.05) is 43.3 Å². The van der Waals surface area contributed by atoms with Crippen LogP contribution in [0.2, 0.25) is 0 Å². The number of hydrogen-bond acceptors (Lipinski definition) is 4. The Bertz CT molecular complexity index is 982. The van der Waals surface area contributed by atoms with Crippen LogP contribution in [0.5, 0.6) is 0 Å². The van der Waals surface area contributed by atoms with E-state index in [2.05, 4.69) is 17.2 Å². The minimum atomic E-state index is -3.53. The monoisotopic (exact) mass is 413 g/mol. The summed E-state index contributed by atoms with van der Waals surface area (Å²) in [6.45, 7) is 4.59. The Balaban J connectivity index is 1.97. The molecule has 0 unspecified atom stereocenters. The molecule has 0 aromatic heterocycles. The van der Waals surface area contributed by atoms with Crippen molar-refractivity contribution in [1.82, 2.24) is 9.62 Å². The quantitative estimate of drug-likeness (QED) is 0.709. The molecule has 29 heavy (non-hydrogen) atoms. The largest absolute Gasteiger partial charge is 0.378 e.